The number of hydrogen-bond donors (Lipinski definition) is 1. The predicted octanol–water partition coefficient (Wildman–Crippen LogP) is 5.35. The van der Waals surface area contributed by atoms with E-state index in [9.17, 15) is 18.0 Å². The molecule has 1 fully saturated rings. The first-order valence-corrected chi connectivity index (χ1v) is 15.8. The van der Waals surface area contributed by atoms with Gasteiger partial charge in [-0.1, -0.05) is 68.3 Å². The van der Waals surface area contributed by atoms with Crippen LogP contribution in [0.1, 0.15) is 44.6 Å². The van der Waals surface area contributed by atoms with Crippen LogP contribution in [0.3, 0.4) is 0 Å². The average Bonchev–Trinajstić information content (AvgIpc) is 3.46. The molecule has 1 atom stereocenters. The van der Waals surface area contributed by atoms with E-state index in [0.717, 1.165) is 39.1 Å². The van der Waals surface area contributed by atoms with Crippen LogP contribution in [-0.4, -0.2) is 43.8 Å². The van der Waals surface area contributed by atoms with Crippen molar-refractivity contribution in [3.63, 3.8) is 0 Å². The Morgan fingerprint density at radius 3 is 2.10 bits per heavy atom. The number of anilines is 1. The summed E-state index contributed by atoms with van der Waals surface area (Å²) in [6.45, 7) is 1.64. The number of rotatable bonds is 11. The van der Waals surface area contributed by atoms with Crippen molar-refractivity contribution in [3.8, 4) is 0 Å². The molecule has 0 aliphatic heterocycles. The van der Waals surface area contributed by atoms with E-state index in [2.05, 4.69) is 27.9 Å². The minimum atomic E-state index is -4.06. The molecular weight excluding hydrogens is 625 g/mol. The summed E-state index contributed by atoms with van der Waals surface area (Å²) in [4.78, 5) is 29.1. The summed E-state index contributed by atoms with van der Waals surface area (Å²) in [5, 5.41) is 3.13. The van der Waals surface area contributed by atoms with Gasteiger partial charge in [-0.05, 0) is 83.8 Å². The molecular formula is C30H34IN3O4S. The topological polar surface area (TPSA) is 86.8 Å². The Morgan fingerprint density at radius 2 is 1.51 bits per heavy atom. The van der Waals surface area contributed by atoms with Gasteiger partial charge in [-0.25, -0.2) is 8.42 Å². The molecule has 2 amide bonds. The number of carbonyl (C=O) groups is 2. The highest BCUT2D eigenvalue weighted by Crippen LogP contribution is 2.26. The van der Waals surface area contributed by atoms with Crippen LogP contribution in [0.4, 0.5) is 5.69 Å². The number of halogens is 1. The fraction of sp³-hybridized carbons (Fsp3) is 0.333. The highest BCUT2D eigenvalue weighted by atomic mass is 127. The zero-order valence-corrected chi connectivity index (χ0v) is 25.0. The number of sulfonamides is 1. The molecule has 1 saturated carbocycles. The first-order chi connectivity index (χ1) is 18.8. The quantitative estimate of drug-likeness (QED) is 0.281. The first-order valence-electron chi connectivity index (χ1n) is 13.3. The monoisotopic (exact) mass is 659 g/mol. The maximum atomic E-state index is 14.1. The van der Waals surface area contributed by atoms with Crippen molar-refractivity contribution < 1.29 is 18.0 Å². The normalized spacial score (nSPS) is 14.5. The van der Waals surface area contributed by atoms with Crippen molar-refractivity contribution in [2.75, 3.05) is 10.8 Å². The summed E-state index contributed by atoms with van der Waals surface area (Å²) in [6, 6.07) is 24.0. The third kappa shape index (κ3) is 7.39. The van der Waals surface area contributed by atoms with Gasteiger partial charge in [0.2, 0.25) is 11.8 Å². The fourth-order valence-corrected chi connectivity index (χ4v) is 6.72. The summed E-state index contributed by atoms with van der Waals surface area (Å²) in [5.41, 5.74) is 1.25. The maximum absolute atomic E-state index is 14.1. The van der Waals surface area contributed by atoms with Gasteiger partial charge in [-0.3, -0.25) is 13.9 Å². The molecule has 0 heterocycles. The summed E-state index contributed by atoms with van der Waals surface area (Å²) in [7, 11) is -4.06. The first kappa shape index (κ1) is 29.1. The van der Waals surface area contributed by atoms with Crippen LogP contribution in [0.2, 0.25) is 0 Å². The zero-order valence-electron chi connectivity index (χ0n) is 22.0. The minimum Gasteiger partial charge on any atom is -0.352 e. The zero-order chi connectivity index (χ0) is 27.8. The Labute approximate surface area is 244 Å². The van der Waals surface area contributed by atoms with Gasteiger partial charge in [0.1, 0.15) is 12.6 Å². The summed E-state index contributed by atoms with van der Waals surface area (Å²) in [5.74, 6) is -0.634. The third-order valence-electron chi connectivity index (χ3n) is 7.01. The Balaban J connectivity index is 1.68. The van der Waals surface area contributed by atoms with Crippen LogP contribution in [0, 0.1) is 3.57 Å². The second kappa shape index (κ2) is 13.4. The lowest BCUT2D eigenvalue weighted by molar-refractivity contribution is -0.140. The van der Waals surface area contributed by atoms with Gasteiger partial charge < -0.3 is 10.2 Å². The molecule has 206 valence electrons. The fourth-order valence-electron chi connectivity index (χ4n) is 4.92. The van der Waals surface area contributed by atoms with E-state index in [1.807, 2.05) is 37.3 Å². The molecule has 9 heteroatoms. The van der Waals surface area contributed by atoms with Crippen LogP contribution in [0.15, 0.2) is 89.8 Å². The molecule has 1 unspecified atom stereocenters. The molecule has 1 N–H and O–H groups in total. The molecule has 39 heavy (non-hydrogen) atoms. The molecule has 3 aromatic rings. The number of hydrogen-bond acceptors (Lipinski definition) is 4. The third-order valence-corrected chi connectivity index (χ3v) is 9.52. The minimum absolute atomic E-state index is 0.0944. The van der Waals surface area contributed by atoms with Gasteiger partial charge in [0.05, 0.1) is 10.6 Å². The number of nitrogens with zero attached hydrogens (tertiary/aromatic N) is 2. The van der Waals surface area contributed by atoms with Gasteiger partial charge in [-0.2, -0.15) is 0 Å². The summed E-state index contributed by atoms with van der Waals surface area (Å²) < 4.78 is 29.7. The van der Waals surface area contributed by atoms with E-state index in [1.54, 1.807) is 42.5 Å². The molecule has 0 bridgehead atoms. The standard InChI is InChI=1S/C30H34IN3O4S/c1-2-28(30(36)32-25-13-9-10-14-25)33(21-23-11-5-3-6-12-23)29(35)22-34(26-19-17-24(31)18-20-26)39(37,38)27-15-7-4-8-16-27/h3-8,11-12,15-20,25,28H,2,9-10,13-14,21-22H2,1H3,(H,32,36). The van der Waals surface area contributed by atoms with E-state index in [0.29, 0.717) is 12.1 Å². The van der Waals surface area contributed by atoms with Crippen LogP contribution in [-0.2, 0) is 26.2 Å². The highest BCUT2D eigenvalue weighted by molar-refractivity contribution is 14.1. The van der Waals surface area contributed by atoms with Crippen LogP contribution in [0.5, 0.6) is 0 Å². The molecule has 3 aromatic carbocycles. The molecule has 7 nitrogen and oxygen atoms in total. The van der Waals surface area contributed by atoms with Gasteiger partial charge >= 0.3 is 0 Å². The molecule has 0 spiro atoms. The Hall–Kier alpha value is -2.92. The van der Waals surface area contributed by atoms with Crippen molar-refractivity contribution >= 4 is 50.1 Å². The lowest BCUT2D eigenvalue weighted by Gasteiger charge is -2.33. The van der Waals surface area contributed by atoms with Crippen molar-refractivity contribution in [2.45, 2.75) is 62.6 Å². The van der Waals surface area contributed by atoms with E-state index < -0.39 is 28.5 Å². The Kier molecular flexibility index (Phi) is 10.0. The Bertz CT molecular complexity index is 1350. The Morgan fingerprint density at radius 1 is 0.923 bits per heavy atom. The van der Waals surface area contributed by atoms with E-state index >= 15 is 0 Å². The lowest BCUT2D eigenvalue weighted by Crippen LogP contribution is -2.53. The largest absolute Gasteiger partial charge is 0.352 e. The van der Waals surface area contributed by atoms with Crippen molar-refractivity contribution in [3.05, 3.63) is 94.1 Å². The van der Waals surface area contributed by atoms with Crippen molar-refractivity contribution in [1.29, 1.82) is 0 Å². The van der Waals surface area contributed by atoms with Crippen LogP contribution < -0.4 is 9.62 Å². The van der Waals surface area contributed by atoms with Gasteiger partial charge in [-0.15, -0.1) is 0 Å². The van der Waals surface area contributed by atoms with Crippen molar-refractivity contribution in [2.24, 2.45) is 0 Å². The molecule has 1 aliphatic rings. The second-order valence-electron chi connectivity index (χ2n) is 9.72. The average molecular weight is 660 g/mol. The smallest absolute Gasteiger partial charge is 0.264 e. The highest BCUT2D eigenvalue weighted by Gasteiger charge is 2.34. The van der Waals surface area contributed by atoms with E-state index in [-0.39, 0.29) is 23.4 Å². The van der Waals surface area contributed by atoms with Crippen LogP contribution >= 0.6 is 22.6 Å². The summed E-state index contributed by atoms with van der Waals surface area (Å²) >= 11 is 2.15. The number of benzene rings is 3. The van der Waals surface area contributed by atoms with Crippen molar-refractivity contribution in [1.82, 2.24) is 10.2 Å². The molecule has 0 saturated heterocycles. The predicted molar refractivity (Wildman–Crippen MR) is 162 cm³/mol. The molecule has 0 radical (unpaired) electrons. The summed E-state index contributed by atoms with van der Waals surface area (Å²) in [6.07, 6.45) is 4.44. The molecule has 0 aromatic heterocycles. The molecule has 4 rings (SSSR count). The number of carbonyl (C=O) groups excluding carboxylic acids is 2. The maximum Gasteiger partial charge on any atom is 0.264 e. The number of nitrogens with one attached hydrogen (secondary N) is 1. The van der Waals surface area contributed by atoms with E-state index in [4.69, 9.17) is 0 Å². The second-order valence-corrected chi connectivity index (χ2v) is 12.8. The van der Waals surface area contributed by atoms with E-state index in [1.165, 1.54) is 17.0 Å². The van der Waals surface area contributed by atoms with Gasteiger partial charge in [0, 0.05) is 16.2 Å². The van der Waals surface area contributed by atoms with Gasteiger partial charge in [0.15, 0.2) is 0 Å². The molecule has 1 aliphatic carbocycles. The number of amides is 2. The SMILES string of the molecule is CCC(C(=O)NC1CCCC1)N(Cc1ccccc1)C(=O)CN(c1ccc(I)cc1)S(=O)(=O)c1ccccc1. The van der Waals surface area contributed by atoms with Crippen LogP contribution in [0.25, 0.3) is 0 Å². The van der Waals surface area contributed by atoms with Gasteiger partial charge in [0.25, 0.3) is 10.0 Å². The lowest BCUT2D eigenvalue weighted by atomic mass is 10.1.